The van der Waals surface area contributed by atoms with Crippen LogP contribution in [0.25, 0.3) is 9.88 Å². The summed E-state index contributed by atoms with van der Waals surface area (Å²) in [4.78, 5) is 35.8. The summed E-state index contributed by atoms with van der Waals surface area (Å²) in [7, 11) is 0. The van der Waals surface area contributed by atoms with Crippen molar-refractivity contribution in [3.05, 3.63) is 52.2 Å². The summed E-state index contributed by atoms with van der Waals surface area (Å²) in [6.07, 6.45) is 5.64. The third-order valence-electron chi connectivity index (χ3n) is 8.07. The van der Waals surface area contributed by atoms with Crippen molar-refractivity contribution in [1.82, 2.24) is 24.4 Å². The van der Waals surface area contributed by atoms with Crippen LogP contribution in [-0.4, -0.2) is 62.4 Å². The largest absolute Gasteiger partial charge is 0.343 e. The first-order valence-electron chi connectivity index (χ1n) is 12.4. The van der Waals surface area contributed by atoms with Crippen LogP contribution in [0, 0.1) is 18.3 Å². The van der Waals surface area contributed by atoms with Crippen LogP contribution in [0.1, 0.15) is 53.0 Å². The first-order chi connectivity index (χ1) is 17.0. The van der Waals surface area contributed by atoms with E-state index in [9.17, 15) is 9.59 Å². The molecule has 1 aromatic carbocycles. The number of carbonyl (C=O) groups is 2. The number of hydrogen-bond acceptors (Lipinski definition) is 7. The zero-order valence-electron chi connectivity index (χ0n) is 19.9. The van der Waals surface area contributed by atoms with E-state index in [1.165, 1.54) is 34.0 Å². The van der Waals surface area contributed by atoms with Gasteiger partial charge in [-0.3, -0.25) is 9.59 Å². The fourth-order valence-corrected chi connectivity index (χ4v) is 7.56. The highest BCUT2D eigenvalue weighted by molar-refractivity contribution is 7.18. The average Bonchev–Trinajstić information content (AvgIpc) is 3.65. The number of aryl methyl sites for hydroxylation is 1. The lowest BCUT2D eigenvalue weighted by Gasteiger charge is -2.39. The summed E-state index contributed by atoms with van der Waals surface area (Å²) in [5.41, 5.74) is 4.31. The summed E-state index contributed by atoms with van der Waals surface area (Å²) < 4.78 is 3.98. The lowest BCUT2D eigenvalue weighted by atomic mass is 9.77. The van der Waals surface area contributed by atoms with Gasteiger partial charge >= 0.3 is 0 Å². The highest BCUT2D eigenvalue weighted by Crippen LogP contribution is 2.41. The minimum absolute atomic E-state index is 0.0128. The molecule has 3 aromatic rings. The van der Waals surface area contributed by atoms with Crippen molar-refractivity contribution in [3.8, 4) is 9.88 Å². The zero-order chi connectivity index (χ0) is 24.0. The Labute approximate surface area is 213 Å². The summed E-state index contributed by atoms with van der Waals surface area (Å²) >= 11 is 2.79. The Morgan fingerprint density at radius 2 is 1.74 bits per heavy atom. The Hall–Kier alpha value is -2.65. The number of aromatic nitrogens is 3. The number of piperidine rings is 1. The lowest BCUT2D eigenvalue weighted by Crippen LogP contribution is -2.45. The molecule has 0 saturated carbocycles. The Bertz CT molecular complexity index is 1230. The van der Waals surface area contributed by atoms with Crippen LogP contribution in [0.5, 0.6) is 0 Å². The van der Waals surface area contributed by atoms with E-state index in [-0.39, 0.29) is 11.3 Å². The molecule has 0 radical (unpaired) electrons. The van der Waals surface area contributed by atoms with Crippen molar-refractivity contribution >= 4 is 34.7 Å². The summed E-state index contributed by atoms with van der Waals surface area (Å²) in [6.45, 7) is 5.05. The van der Waals surface area contributed by atoms with E-state index in [1.54, 1.807) is 0 Å². The van der Waals surface area contributed by atoms with E-state index >= 15 is 0 Å². The van der Waals surface area contributed by atoms with Gasteiger partial charge in [0, 0.05) is 38.0 Å². The maximum Gasteiger partial charge on any atom is 0.273 e. The van der Waals surface area contributed by atoms with E-state index in [4.69, 9.17) is 0 Å². The van der Waals surface area contributed by atoms with Crippen molar-refractivity contribution in [2.75, 3.05) is 26.2 Å². The van der Waals surface area contributed by atoms with Gasteiger partial charge in [0.2, 0.25) is 5.91 Å². The molecule has 9 heteroatoms. The molecule has 0 bridgehead atoms. The van der Waals surface area contributed by atoms with Gasteiger partial charge in [0.05, 0.1) is 5.69 Å². The average molecular weight is 508 g/mol. The van der Waals surface area contributed by atoms with Crippen molar-refractivity contribution in [1.29, 1.82) is 0 Å². The highest BCUT2D eigenvalue weighted by Gasteiger charge is 2.43. The third kappa shape index (κ3) is 4.40. The Kier molecular flexibility index (Phi) is 5.92. The van der Waals surface area contributed by atoms with E-state index in [0.29, 0.717) is 23.9 Å². The number of thiazole rings is 1. The number of hydrogen-bond donors (Lipinski definition) is 0. The molecule has 2 aromatic heterocycles. The minimum Gasteiger partial charge on any atom is -0.343 e. The van der Waals surface area contributed by atoms with Crippen LogP contribution < -0.4 is 0 Å². The van der Waals surface area contributed by atoms with Crippen LogP contribution in [0.3, 0.4) is 0 Å². The maximum atomic E-state index is 13.2. The molecule has 1 aliphatic carbocycles. The van der Waals surface area contributed by atoms with Gasteiger partial charge in [-0.25, -0.2) is 4.98 Å². The van der Waals surface area contributed by atoms with Gasteiger partial charge in [0.1, 0.15) is 15.6 Å². The fraction of sp³-hybridized carbons (Fsp3) is 0.500. The number of rotatable bonds is 4. The number of amides is 2. The molecule has 2 saturated heterocycles. The molecule has 2 amide bonds. The second-order valence-corrected chi connectivity index (χ2v) is 11.9. The van der Waals surface area contributed by atoms with E-state index in [1.807, 2.05) is 17.2 Å². The van der Waals surface area contributed by atoms with Gasteiger partial charge in [-0.2, -0.15) is 0 Å². The monoisotopic (exact) mass is 507 g/mol. The van der Waals surface area contributed by atoms with Crippen LogP contribution in [0.15, 0.2) is 29.6 Å². The minimum atomic E-state index is 0.0128. The van der Waals surface area contributed by atoms with E-state index in [2.05, 4.69) is 43.7 Å². The molecule has 0 N–H and O–H groups in total. The number of carbonyl (C=O) groups excluding carboxylic acids is 2. The molecule has 2 fully saturated rings. The third-order valence-corrected chi connectivity index (χ3v) is 9.89. The van der Waals surface area contributed by atoms with Crippen LogP contribution >= 0.6 is 22.9 Å². The molecule has 2 aliphatic heterocycles. The molecule has 3 aliphatic rings. The predicted molar refractivity (Wildman–Crippen MR) is 136 cm³/mol. The SMILES string of the molecule is Cc1nnsc1-c1nc(C(=O)N2CCC3(CCN(C(=O)CC4Cc5ccccc5C4)CC3)C2)cs1. The molecular weight excluding hydrogens is 478 g/mol. The molecule has 0 atom stereocenters. The normalized spacial score (nSPS) is 19.5. The lowest BCUT2D eigenvalue weighted by molar-refractivity contribution is -0.134. The number of benzene rings is 1. The topological polar surface area (TPSA) is 79.3 Å². The smallest absolute Gasteiger partial charge is 0.273 e. The van der Waals surface area contributed by atoms with Gasteiger partial charge in [-0.15, -0.1) is 16.4 Å². The second kappa shape index (κ2) is 9.09. The van der Waals surface area contributed by atoms with Crippen LogP contribution in [-0.2, 0) is 17.6 Å². The van der Waals surface area contributed by atoms with E-state index < -0.39 is 0 Å². The van der Waals surface area contributed by atoms with Gasteiger partial charge in [0.25, 0.3) is 5.91 Å². The molecule has 35 heavy (non-hydrogen) atoms. The first-order valence-corrected chi connectivity index (χ1v) is 14.0. The molecule has 182 valence electrons. The summed E-state index contributed by atoms with van der Waals surface area (Å²) in [5, 5.41) is 6.71. The van der Waals surface area contributed by atoms with Crippen molar-refractivity contribution in [3.63, 3.8) is 0 Å². The van der Waals surface area contributed by atoms with Crippen molar-refractivity contribution in [2.45, 2.75) is 45.4 Å². The Morgan fingerprint density at radius 3 is 2.40 bits per heavy atom. The van der Waals surface area contributed by atoms with Gasteiger partial charge in [-0.05, 0) is 73.0 Å². The summed E-state index contributed by atoms with van der Waals surface area (Å²) in [5.74, 6) is 0.744. The Morgan fingerprint density at radius 1 is 1.06 bits per heavy atom. The summed E-state index contributed by atoms with van der Waals surface area (Å²) in [6, 6.07) is 8.58. The molecule has 0 unspecified atom stereocenters. The van der Waals surface area contributed by atoms with Gasteiger partial charge < -0.3 is 9.80 Å². The van der Waals surface area contributed by atoms with E-state index in [0.717, 1.165) is 73.9 Å². The number of nitrogens with zero attached hydrogens (tertiary/aromatic N) is 5. The fourth-order valence-electron chi connectivity index (χ4n) is 5.98. The Balaban J connectivity index is 1.02. The number of fused-ring (bicyclic) bond motifs is 1. The highest BCUT2D eigenvalue weighted by atomic mass is 32.1. The predicted octanol–water partition coefficient (Wildman–Crippen LogP) is 4.23. The molecule has 7 nitrogen and oxygen atoms in total. The van der Waals surface area contributed by atoms with Crippen LogP contribution in [0.2, 0.25) is 0 Å². The maximum absolute atomic E-state index is 13.2. The van der Waals surface area contributed by atoms with Crippen molar-refractivity contribution < 1.29 is 9.59 Å². The molecule has 1 spiro atoms. The van der Waals surface area contributed by atoms with Gasteiger partial charge in [0.15, 0.2) is 0 Å². The molecule has 4 heterocycles. The standard InChI is InChI=1S/C26H29N5O2S2/c1-17-23(35-29-28-17)24-27-21(15-34-24)25(33)31-11-8-26(16-31)6-9-30(10-7-26)22(32)14-18-12-19-4-2-3-5-20(19)13-18/h2-5,15,18H,6-14,16H2,1H3. The van der Waals surface area contributed by atoms with Crippen molar-refractivity contribution in [2.24, 2.45) is 11.3 Å². The van der Waals surface area contributed by atoms with Gasteiger partial charge in [-0.1, -0.05) is 28.8 Å². The molecule has 6 rings (SSSR count). The zero-order valence-corrected chi connectivity index (χ0v) is 21.5. The first kappa shape index (κ1) is 22.8. The van der Waals surface area contributed by atoms with Crippen LogP contribution in [0.4, 0.5) is 0 Å². The number of likely N-dealkylation sites (tertiary alicyclic amines) is 2. The molecular formula is C26H29N5O2S2. The quantitative estimate of drug-likeness (QED) is 0.528. The second-order valence-electron chi connectivity index (χ2n) is 10.3.